The highest BCUT2D eigenvalue weighted by atomic mass is 32.2. The second-order valence-electron chi connectivity index (χ2n) is 6.13. The fourth-order valence-electron chi connectivity index (χ4n) is 3.45. The molecule has 3 unspecified atom stereocenters. The Labute approximate surface area is 159 Å². The number of amides is 2. The fraction of sp³-hybridized carbons (Fsp3) is 0.357. The average Bonchev–Trinajstić information content (AvgIpc) is 3.24. The summed E-state index contributed by atoms with van der Waals surface area (Å²) in [5.41, 5.74) is 0.640. The molecule has 0 spiro atoms. The van der Waals surface area contributed by atoms with E-state index in [1.807, 2.05) is 6.07 Å². The topological polar surface area (TPSA) is 139 Å². The Morgan fingerprint density at radius 1 is 1.30 bits per heavy atom. The molecule has 13 heteroatoms. The normalized spacial score (nSPS) is 23.1. The molecule has 3 heterocycles. The summed E-state index contributed by atoms with van der Waals surface area (Å²) in [4.78, 5) is 26.3. The van der Waals surface area contributed by atoms with Crippen molar-refractivity contribution in [1.29, 1.82) is 0 Å². The minimum Gasteiger partial charge on any atom is -0.327 e. The van der Waals surface area contributed by atoms with Crippen molar-refractivity contribution in [3.05, 3.63) is 36.2 Å². The lowest BCUT2D eigenvalue weighted by atomic mass is 10.00. The molecular weight excluding hydrogens is 396 g/mol. The number of carbonyl (C=O) groups is 2. The third-order valence-electron chi connectivity index (χ3n) is 4.64. The van der Waals surface area contributed by atoms with Crippen LogP contribution in [0.4, 0.5) is 0 Å². The molecule has 4 rings (SSSR count). The van der Waals surface area contributed by atoms with Crippen molar-refractivity contribution in [3.8, 4) is 5.69 Å². The van der Waals surface area contributed by atoms with Crippen LogP contribution < -0.4 is 0 Å². The van der Waals surface area contributed by atoms with Crippen molar-refractivity contribution in [2.45, 2.75) is 23.8 Å². The van der Waals surface area contributed by atoms with Crippen LogP contribution in [-0.4, -0.2) is 72.8 Å². The van der Waals surface area contributed by atoms with Crippen molar-refractivity contribution < 1.29 is 22.6 Å². The maximum atomic E-state index is 12.9. The Bertz CT molecular complexity index is 1010. The molecule has 2 saturated heterocycles. The number of β-lactam (4-membered cyclic amide) rings is 1. The first-order valence-electron chi connectivity index (χ1n) is 7.93. The van der Waals surface area contributed by atoms with Gasteiger partial charge < -0.3 is 4.90 Å². The van der Waals surface area contributed by atoms with E-state index in [4.69, 9.17) is 4.55 Å². The lowest BCUT2D eigenvalue weighted by molar-refractivity contribution is -0.151. The number of hydrogen-bond acceptors (Lipinski definition) is 8. The van der Waals surface area contributed by atoms with Crippen molar-refractivity contribution in [1.82, 2.24) is 29.4 Å². The molecule has 2 fully saturated rings. The molecule has 1 aromatic carbocycles. The monoisotopic (exact) mass is 410 g/mol. The molecule has 2 amide bonds. The summed E-state index contributed by atoms with van der Waals surface area (Å²) in [6.07, 6.45) is 0.242. The van der Waals surface area contributed by atoms with Crippen LogP contribution >= 0.6 is 12.6 Å². The van der Waals surface area contributed by atoms with Gasteiger partial charge in [-0.3, -0.25) is 14.1 Å². The number of benzene rings is 1. The Morgan fingerprint density at radius 3 is 2.67 bits per heavy atom. The van der Waals surface area contributed by atoms with Gasteiger partial charge in [0.25, 0.3) is 5.91 Å². The smallest absolute Gasteiger partial charge is 0.327 e. The predicted octanol–water partition coefficient (Wildman–Crippen LogP) is -0.752. The van der Waals surface area contributed by atoms with Crippen molar-refractivity contribution in [3.63, 3.8) is 0 Å². The van der Waals surface area contributed by atoms with Crippen LogP contribution in [-0.2, 0) is 19.9 Å². The van der Waals surface area contributed by atoms with Crippen LogP contribution in [0.25, 0.3) is 5.69 Å². The minimum atomic E-state index is -4.63. The van der Waals surface area contributed by atoms with Crippen LogP contribution in [0.15, 0.2) is 30.3 Å². The molecule has 3 atom stereocenters. The summed E-state index contributed by atoms with van der Waals surface area (Å²) in [5, 5.41) is 10.3. The van der Waals surface area contributed by atoms with Gasteiger partial charge in [-0.05, 0) is 29.0 Å². The third-order valence-corrected chi connectivity index (χ3v) is 6.04. The highest BCUT2D eigenvalue weighted by Crippen LogP contribution is 2.37. The quantitative estimate of drug-likeness (QED) is 0.381. The Hall–Kier alpha value is -2.51. The van der Waals surface area contributed by atoms with Gasteiger partial charge in [0.05, 0.1) is 11.7 Å². The predicted molar refractivity (Wildman–Crippen MR) is 93.2 cm³/mol. The number of rotatable bonds is 4. The Balaban J connectivity index is 1.57. The van der Waals surface area contributed by atoms with Gasteiger partial charge in [0, 0.05) is 6.54 Å². The molecule has 1 N–H and O–H groups in total. The molecule has 0 bridgehead atoms. The minimum absolute atomic E-state index is 0.163. The number of nitrogens with zero attached hydrogens (tertiary/aromatic N) is 6. The summed E-state index contributed by atoms with van der Waals surface area (Å²) >= 11 is 4.33. The molecule has 0 aliphatic carbocycles. The van der Waals surface area contributed by atoms with E-state index in [-0.39, 0.29) is 18.8 Å². The van der Waals surface area contributed by atoms with E-state index in [9.17, 15) is 18.0 Å². The van der Waals surface area contributed by atoms with Crippen LogP contribution in [0, 0.1) is 0 Å². The number of thiol groups is 1. The number of para-hydroxylation sites is 1. The van der Waals surface area contributed by atoms with Crippen molar-refractivity contribution >= 4 is 34.7 Å². The van der Waals surface area contributed by atoms with Gasteiger partial charge >= 0.3 is 10.3 Å². The molecule has 1 aromatic heterocycles. The van der Waals surface area contributed by atoms with Gasteiger partial charge in [-0.15, -0.1) is 5.10 Å². The van der Waals surface area contributed by atoms with Gasteiger partial charge in [-0.1, -0.05) is 18.2 Å². The third kappa shape index (κ3) is 2.78. The van der Waals surface area contributed by atoms with Gasteiger partial charge in [0.1, 0.15) is 11.3 Å². The molecular formula is C14H14N6O5S2. The molecule has 2 aliphatic heterocycles. The standard InChI is InChI=1S/C14H14N6O5S2/c21-13-10-9(20(13)27(23,24)25)6-7-18(10)14(22)11(26)12-15-16-17-19(12)8-4-2-1-3-5-8/h1-5,9-11,26H,6-7H2,(H,23,24,25). The van der Waals surface area contributed by atoms with Gasteiger partial charge in [-0.2, -0.15) is 25.7 Å². The Morgan fingerprint density at radius 2 is 2.00 bits per heavy atom. The zero-order chi connectivity index (χ0) is 19.3. The number of tetrazole rings is 1. The van der Waals surface area contributed by atoms with Crippen LogP contribution in [0.2, 0.25) is 0 Å². The summed E-state index contributed by atoms with van der Waals surface area (Å²) in [6.45, 7) is 0.163. The average molecular weight is 410 g/mol. The van der Waals surface area contributed by atoms with Crippen LogP contribution in [0.1, 0.15) is 17.5 Å². The fourth-order valence-corrected chi connectivity index (χ4v) is 4.66. The maximum absolute atomic E-state index is 12.9. The lowest BCUT2D eigenvalue weighted by Crippen LogP contribution is -2.68. The summed E-state index contributed by atoms with van der Waals surface area (Å²) in [6, 6.07) is 7.23. The number of fused-ring (bicyclic) bond motifs is 1. The molecule has 0 radical (unpaired) electrons. The molecule has 11 nitrogen and oxygen atoms in total. The van der Waals surface area contributed by atoms with Crippen molar-refractivity contribution in [2.24, 2.45) is 0 Å². The zero-order valence-electron chi connectivity index (χ0n) is 13.7. The molecule has 2 aromatic rings. The number of likely N-dealkylation sites (tertiary alicyclic amines) is 1. The zero-order valence-corrected chi connectivity index (χ0v) is 15.4. The van der Waals surface area contributed by atoms with Gasteiger partial charge in [-0.25, -0.2) is 4.31 Å². The largest absolute Gasteiger partial charge is 0.362 e. The van der Waals surface area contributed by atoms with E-state index in [1.54, 1.807) is 24.3 Å². The van der Waals surface area contributed by atoms with E-state index in [0.29, 0.717) is 9.99 Å². The van der Waals surface area contributed by atoms with E-state index in [1.165, 1.54) is 9.58 Å². The summed E-state index contributed by atoms with van der Waals surface area (Å²) in [5.74, 6) is -1.17. The first-order chi connectivity index (χ1) is 12.8. The highest BCUT2D eigenvalue weighted by Gasteiger charge is 2.60. The number of aromatic nitrogens is 4. The van der Waals surface area contributed by atoms with Gasteiger partial charge in [0.2, 0.25) is 5.91 Å². The molecule has 2 aliphatic rings. The molecule has 142 valence electrons. The first-order valence-corrected chi connectivity index (χ1v) is 9.85. The van der Waals surface area contributed by atoms with Crippen molar-refractivity contribution in [2.75, 3.05) is 6.54 Å². The maximum Gasteiger partial charge on any atom is 0.362 e. The second kappa shape index (κ2) is 6.28. The SMILES string of the molecule is O=C(C(S)c1nnnn1-c1ccccc1)N1CCC2C1C(=O)N2S(=O)(=O)O. The summed E-state index contributed by atoms with van der Waals surface area (Å²) in [7, 11) is -4.63. The first kappa shape index (κ1) is 17.9. The Kier molecular flexibility index (Phi) is 4.16. The van der Waals surface area contributed by atoms with Crippen LogP contribution in [0.5, 0.6) is 0 Å². The second-order valence-corrected chi connectivity index (χ2v) is 7.94. The van der Waals surface area contributed by atoms with E-state index in [2.05, 4.69) is 28.2 Å². The van der Waals surface area contributed by atoms with Crippen LogP contribution in [0.3, 0.4) is 0 Å². The van der Waals surface area contributed by atoms with Gasteiger partial charge in [0.15, 0.2) is 5.82 Å². The molecule has 27 heavy (non-hydrogen) atoms. The number of hydrogen-bond donors (Lipinski definition) is 2. The van der Waals surface area contributed by atoms with E-state index in [0.717, 1.165) is 0 Å². The molecule has 0 saturated carbocycles. The lowest BCUT2D eigenvalue weighted by Gasteiger charge is -2.42. The van der Waals surface area contributed by atoms with E-state index < -0.39 is 39.5 Å². The van der Waals surface area contributed by atoms with E-state index >= 15 is 0 Å². The number of carbonyl (C=O) groups excluding carboxylic acids is 2. The summed E-state index contributed by atoms with van der Waals surface area (Å²) < 4.78 is 33.5. The highest BCUT2D eigenvalue weighted by molar-refractivity contribution is 7.84.